The predicted molar refractivity (Wildman–Crippen MR) is 87.6 cm³/mol. The number of benzene rings is 1. The second-order valence-corrected chi connectivity index (χ2v) is 5.06. The van der Waals surface area contributed by atoms with E-state index >= 15 is 0 Å². The Kier molecular flexibility index (Phi) is 4.16. The van der Waals surface area contributed by atoms with Crippen molar-refractivity contribution in [1.29, 1.82) is 0 Å². The number of nitrogens with one attached hydrogen (secondary N) is 1. The molecule has 0 fully saturated rings. The zero-order chi connectivity index (χ0) is 15.4. The van der Waals surface area contributed by atoms with E-state index in [1.54, 1.807) is 12.3 Å². The molecule has 2 heterocycles. The molecule has 1 atom stereocenters. The van der Waals surface area contributed by atoms with Gasteiger partial charge in [0.25, 0.3) is 0 Å². The van der Waals surface area contributed by atoms with Gasteiger partial charge in [-0.15, -0.1) is 0 Å². The summed E-state index contributed by atoms with van der Waals surface area (Å²) in [5.41, 5.74) is 7.59. The van der Waals surface area contributed by atoms with E-state index in [-0.39, 0.29) is 12.0 Å². The van der Waals surface area contributed by atoms with Gasteiger partial charge in [0, 0.05) is 12.3 Å². The Balaban J connectivity index is 1.99. The number of rotatable bonds is 4. The van der Waals surface area contributed by atoms with Crippen molar-refractivity contribution in [3.63, 3.8) is 0 Å². The average molecular weight is 312 g/mol. The average Bonchev–Trinajstić information content (AvgIpc) is 2.53. The molecule has 110 valence electrons. The van der Waals surface area contributed by atoms with E-state index in [0.717, 1.165) is 11.3 Å². The van der Waals surface area contributed by atoms with Gasteiger partial charge in [0.2, 0.25) is 5.95 Å². The lowest BCUT2D eigenvalue weighted by Crippen LogP contribution is -2.15. The zero-order valence-electron chi connectivity index (χ0n) is 11.6. The molecule has 1 unspecified atom stereocenters. The van der Waals surface area contributed by atoms with Crippen LogP contribution in [0.25, 0.3) is 0 Å². The van der Waals surface area contributed by atoms with Crippen molar-refractivity contribution >= 4 is 23.4 Å². The summed E-state index contributed by atoms with van der Waals surface area (Å²) in [6.07, 6.45) is 1.76. The molecule has 0 spiro atoms. The molecule has 5 nitrogen and oxygen atoms in total. The maximum atomic E-state index is 5.94. The van der Waals surface area contributed by atoms with Crippen molar-refractivity contribution in [1.82, 2.24) is 15.0 Å². The molecule has 0 amide bonds. The molecule has 0 saturated heterocycles. The van der Waals surface area contributed by atoms with Crippen molar-refractivity contribution in [2.75, 3.05) is 11.1 Å². The Hall–Kier alpha value is -2.66. The highest BCUT2D eigenvalue weighted by molar-refractivity contribution is 6.29. The number of aromatic nitrogens is 3. The Morgan fingerprint density at radius 1 is 1.00 bits per heavy atom. The summed E-state index contributed by atoms with van der Waals surface area (Å²) in [4.78, 5) is 12.5. The van der Waals surface area contributed by atoms with Crippen LogP contribution in [0.15, 0.2) is 60.8 Å². The van der Waals surface area contributed by atoms with E-state index in [0.29, 0.717) is 11.0 Å². The van der Waals surface area contributed by atoms with Gasteiger partial charge in [0.1, 0.15) is 11.0 Å². The molecule has 0 aliphatic carbocycles. The number of nitrogen functional groups attached to an aromatic ring is 1. The highest BCUT2D eigenvalue weighted by Crippen LogP contribution is 2.25. The molecule has 0 radical (unpaired) electrons. The minimum Gasteiger partial charge on any atom is -0.368 e. The molecule has 6 heteroatoms. The molecule has 2 aromatic heterocycles. The van der Waals surface area contributed by atoms with Gasteiger partial charge in [0.05, 0.1) is 11.7 Å². The van der Waals surface area contributed by atoms with Gasteiger partial charge in [0.15, 0.2) is 0 Å². The summed E-state index contributed by atoms with van der Waals surface area (Å²) in [6, 6.07) is 17.2. The van der Waals surface area contributed by atoms with Crippen LogP contribution in [0, 0.1) is 0 Å². The topological polar surface area (TPSA) is 76.7 Å². The number of hydrogen-bond acceptors (Lipinski definition) is 5. The van der Waals surface area contributed by atoms with E-state index in [9.17, 15) is 0 Å². The Morgan fingerprint density at radius 3 is 2.45 bits per heavy atom. The second kappa shape index (κ2) is 6.41. The minimum atomic E-state index is -0.159. The molecule has 3 N–H and O–H groups in total. The first-order valence-corrected chi connectivity index (χ1v) is 7.12. The third-order valence-corrected chi connectivity index (χ3v) is 3.31. The third kappa shape index (κ3) is 3.32. The first-order chi connectivity index (χ1) is 10.7. The third-order valence-electron chi connectivity index (χ3n) is 3.12. The van der Waals surface area contributed by atoms with Crippen LogP contribution >= 0.6 is 11.6 Å². The Morgan fingerprint density at radius 2 is 1.77 bits per heavy atom. The monoisotopic (exact) mass is 311 g/mol. The largest absolute Gasteiger partial charge is 0.368 e. The van der Waals surface area contributed by atoms with Crippen LogP contribution in [-0.2, 0) is 0 Å². The van der Waals surface area contributed by atoms with Gasteiger partial charge in [-0.25, -0.2) is 4.98 Å². The summed E-state index contributed by atoms with van der Waals surface area (Å²) in [6.45, 7) is 0. The summed E-state index contributed by atoms with van der Waals surface area (Å²) in [5.74, 6) is 0.680. The fourth-order valence-corrected chi connectivity index (χ4v) is 2.37. The second-order valence-electron chi connectivity index (χ2n) is 4.68. The summed E-state index contributed by atoms with van der Waals surface area (Å²) in [7, 11) is 0. The zero-order valence-corrected chi connectivity index (χ0v) is 12.4. The lowest BCUT2D eigenvalue weighted by atomic mass is 10.0. The smallest absolute Gasteiger partial charge is 0.223 e. The van der Waals surface area contributed by atoms with Crippen molar-refractivity contribution in [2.45, 2.75) is 6.04 Å². The van der Waals surface area contributed by atoms with Crippen LogP contribution in [0.1, 0.15) is 17.3 Å². The fourth-order valence-electron chi connectivity index (χ4n) is 2.18. The molecule has 0 aliphatic rings. The Labute approximate surface area is 133 Å². The van der Waals surface area contributed by atoms with Crippen LogP contribution in [-0.4, -0.2) is 15.0 Å². The standard InChI is InChI=1S/C16H14ClN5/c17-13-10-14(22-16(18)20-13)21-15(11-6-2-1-3-7-11)12-8-4-5-9-19-12/h1-10,15H,(H3,18,20,21,22). The van der Waals surface area contributed by atoms with Gasteiger partial charge < -0.3 is 11.1 Å². The van der Waals surface area contributed by atoms with Gasteiger partial charge in [-0.1, -0.05) is 48.0 Å². The van der Waals surface area contributed by atoms with Crippen molar-refractivity contribution in [3.05, 3.63) is 77.2 Å². The quantitative estimate of drug-likeness (QED) is 0.723. The van der Waals surface area contributed by atoms with Gasteiger partial charge in [-0.2, -0.15) is 4.98 Å². The highest BCUT2D eigenvalue weighted by Gasteiger charge is 2.16. The van der Waals surface area contributed by atoms with Crippen molar-refractivity contribution in [3.8, 4) is 0 Å². The number of halogens is 1. The van der Waals surface area contributed by atoms with E-state index in [2.05, 4.69) is 20.3 Å². The van der Waals surface area contributed by atoms with Crippen LogP contribution in [0.2, 0.25) is 5.15 Å². The number of nitrogens with zero attached hydrogens (tertiary/aromatic N) is 3. The molecule has 1 aromatic carbocycles. The number of nitrogens with two attached hydrogens (primary N) is 1. The van der Waals surface area contributed by atoms with E-state index in [1.165, 1.54) is 0 Å². The summed E-state index contributed by atoms with van der Waals surface area (Å²) < 4.78 is 0. The minimum absolute atomic E-state index is 0.128. The van der Waals surface area contributed by atoms with Gasteiger partial charge in [-0.05, 0) is 17.7 Å². The van der Waals surface area contributed by atoms with Gasteiger partial charge >= 0.3 is 0 Å². The normalized spacial score (nSPS) is 11.9. The fraction of sp³-hybridized carbons (Fsp3) is 0.0625. The van der Waals surface area contributed by atoms with Crippen molar-refractivity contribution in [2.24, 2.45) is 0 Å². The number of hydrogen-bond donors (Lipinski definition) is 2. The lowest BCUT2D eigenvalue weighted by Gasteiger charge is -2.19. The molecular formula is C16H14ClN5. The number of anilines is 2. The first-order valence-electron chi connectivity index (χ1n) is 6.75. The summed E-state index contributed by atoms with van der Waals surface area (Å²) >= 11 is 5.94. The Bertz CT molecular complexity index is 689. The van der Waals surface area contributed by atoms with Crippen LogP contribution in [0.3, 0.4) is 0 Å². The molecular weight excluding hydrogens is 298 g/mol. The number of pyridine rings is 1. The van der Waals surface area contributed by atoms with Crippen LogP contribution in [0.4, 0.5) is 11.8 Å². The van der Waals surface area contributed by atoms with Crippen LogP contribution in [0.5, 0.6) is 0 Å². The maximum absolute atomic E-state index is 5.94. The summed E-state index contributed by atoms with van der Waals surface area (Å²) in [5, 5.41) is 3.61. The van der Waals surface area contributed by atoms with E-state index in [1.807, 2.05) is 48.5 Å². The molecule has 0 aliphatic heterocycles. The van der Waals surface area contributed by atoms with E-state index in [4.69, 9.17) is 17.3 Å². The molecule has 0 bridgehead atoms. The first kappa shape index (κ1) is 14.3. The van der Waals surface area contributed by atoms with E-state index < -0.39 is 0 Å². The SMILES string of the molecule is Nc1nc(Cl)cc(NC(c2ccccc2)c2ccccn2)n1. The van der Waals surface area contributed by atoms with Crippen molar-refractivity contribution < 1.29 is 0 Å². The molecule has 3 rings (SSSR count). The molecule has 22 heavy (non-hydrogen) atoms. The molecule has 0 saturated carbocycles. The highest BCUT2D eigenvalue weighted by atomic mass is 35.5. The lowest BCUT2D eigenvalue weighted by molar-refractivity contribution is 0.877. The maximum Gasteiger partial charge on any atom is 0.223 e. The predicted octanol–water partition coefficient (Wildman–Crippen LogP) is 3.31. The van der Waals surface area contributed by atoms with Crippen LogP contribution < -0.4 is 11.1 Å². The molecule has 3 aromatic rings. The van der Waals surface area contributed by atoms with Gasteiger partial charge in [-0.3, -0.25) is 4.98 Å².